The minimum Gasteiger partial charge on any atom is -0.324 e. The molecular formula is C16H17BrFN. The predicted molar refractivity (Wildman–Crippen MR) is 80.6 cm³/mol. The molecule has 0 aromatic heterocycles. The van der Waals surface area contributed by atoms with Gasteiger partial charge in [0.2, 0.25) is 0 Å². The van der Waals surface area contributed by atoms with Crippen molar-refractivity contribution in [3.63, 3.8) is 0 Å². The molecule has 0 amide bonds. The quantitative estimate of drug-likeness (QED) is 0.887. The van der Waals surface area contributed by atoms with E-state index in [2.05, 4.69) is 47.1 Å². The Balaban J connectivity index is 2.13. The summed E-state index contributed by atoms with van der Waals surface area (Å²) in [7, 11) is 0. The molecule has 0 aliphatic heterocycles. The van der Waals surface area contributed by atoms with Crippen LogP contribution in [0.15, 0.2) is 46.9 Å². The minimum atomic E-state index is -0.255. The number of benzene rings is 2. The van der Waals surface area contributed by atoms with Crippen LogP contribution in [0.3, 0.4) is 0 Å². The van der Waals surface area contributed by atoms with Crippen LogP contribution in [0.2, 0.25) is 0 Å². The Morgan fingerprint density at radius 2 is 1.74 bits per heavy atom. The summed E-state index contributed by atoms with van der Waals surface area (Å²) in [5, 5.41) is 0. The van der Waals surface area contributed by atoms with Crippen LogP contribution in [-0.4, -0.2) is 0 Å². The maximum Gasteiger partial charge on any atom is 0.124 e. The monoisotopic (exact) mass is 321 g/mol. The number of hydrogen-bond acceptors (Lipinski definition) is 1. The molecule has 0 aliphatic rings. The Bertz CT molecular complexity index is 551. The molecule has 0 aliphatic carbocycles. The molecule has 0 fully saturated rings. The molecule has 1 nitrogen and oxygen atoms in total. The van der Waals surface area contributed by atoms with Gasteiger partial charge < -0.3 is 5.73 Å². The first-order valence-electron chi connectivity index (χ1n) is 6.38. The second-order valence-electron chi connectivity index (χ2n) is 4.65. The molecule has 0 spiro atoms. The second kappa shape index (κ2) is 6.31. The Kier molecular flexibility index (Phi) is 4.72. The molecule has 19 heavy (non-hydrogen) atoms. The van der Waals surface area contributed by atoms with E-state index < -0.39 is 0 Å². The van der Waals surface area contributed by atoms with Crippen LogP contribution in [0.25, 0.3) is 0 Å². The average molecular weight is 322 g/mol. The third kappa shape index (κ3) is 3.64. The molecule has 1 unspecified atom stereocenters. The summed E-state index contributed by atoms with van der Waals surface area (Å²) in [5.41, 5.74) is 9.64. The molecule has 0 saturated heterocycles. The van der Waals surface area contributed by atoms with Crippen LogP contribution in [0.5, 0.6) is 0 Å². The van der Waals surface area contributed by atoms with Crippen LogP contribution in [0.1, 0.15) is 29.7 Å². The van der Waals surface area contributed by atoms with E-state index in [1.54, 1.807) is 6.07 Å². The topological polar surface area (TPSA) is 26.0 Å². The standard InChI is InChI=1S/C16H17BrFN/c1-2-11-3-5-12(6-4-11)9-16(19)14-8-7-13(18)10-15(14)17/h3-8,10,16H,2,9,19H2,1H3. The highest BCUT2D eigenvalue weighted by Crippen LogP contribution is 2.25. The van der Waals surface area contributed by atoms with Gasteiger partial charge in [0.25, 0.3) is 0 Å². The summed E-state index contributed by atoms with van der Waals surface area (Å²) < 4.78 is 13.8. The minimum absolute atomic E-state index is 0.137. The van der Waals surface area contributed by atoms with Crippen LogP contribution < -0.4 is 5.73 Å². The molecule has 2 rings (SSSR count). The Hall–Kier alpha value is -1.19. The number of rotatable bonds is 4. The van der Waals surface area contributed by atoms with Crippen molar-refractivity contribution in [2.45, 2.75) is 25.8 Å². The molecular weight excluding hydrogens is 305 g/mol. The fourth-order valence-electron chi connectivity index (χ4n) is 2.08. The Morgan fingerprint density at radius 3 is 2.32 bits per heavy atom. The molecule has 0 heterocycles. The van der Waals surface area contributed by atoms with E-state index in [1.807, 2.05) is 0 Å². The van der Waals surface area contributed by atoms with E-state index in [1.165, 1.54) is 23.3 Å². The lowest BCUT2D eigenvalue weighted by Gasteiger charge is -2.14. The number of aryl methyl sites for hydroxylation is 1. The van der Waals surface area contributed by atoms with Crippen molar-refractivity contribution in [3.8, 4) is 0 Å². The van der Waals surface area contributed by atoms with Crippen molar-refractivity contribution < 1.29 is 4.39 Å². The number of nitrogens with two attached hydrogens (primary N) is 1. The normalized spacial score (nSPS) is 12.4. The van der Waals surface area contributed by atoms with Crippen molar-refractivity contribution in [2.24, 2.45) is 5.73 Å². The van der Waals surface area contributed by atoms with Crippen molar-refractivity contribution in [2.75, 3.05) is 0 Å². The second-order valence-corrected chi connectivity index (χ2v) is 5.50. The highest BCUT2D eigenvalue weighted by atomic mass is 79.9. The zero-order valence-electron chi connectivity index (χ0n) is 10.9. The van der Waals surface area contributed by atoms with Gasteiger partial charge in [0.1, 0.15) is 5.82 Å². The summed E-state index contributed by atoms with van der Waals surface area (Å²) in [5.74, 6) is -0.255. The lowest BCUT2D eigenvalue weighted by Crippen LogP contribution is -2.14. The van der Waals surface area contributed by atoms with E-state index in [0.29, 0.717) is 0 Å². The number of halogens is 2. The van der Waals surface area contributed by atoms with Gasteiger partial charge in [-0.25, -0.2) is 4.39 Å². The molecule has 3 heteroatoms. The van der Waals surface area contributed by atoms with Gasteiger partial charge in [-0.2, -0.15) is 0 Å². The third-order valence-corrected chi connectivity index (χ3v) is 3.94. The zero-order chi connectivity index (χ0) is 13.8. The Morgan fingerprint density at radius 1 is 1.11 bits per heavy atom. The van der Waals surface area contributed by atoms with Gasteiger partial charge in [-0.05, 0) is 41.7 Å². The summed E-state index contributed by atoms with van der Waals surface area (Å²) in [6.07, 6.45) is 1.78. The van der Waals surface area contributed by atoms with Gasteiger partial charge in [-0.1, -0.05) is 53.2 Å². The molecule has 0 bridgehead atoms. The molecule has 100 valence electrons. The summed E-state index contributed by atoms with van der Waals surface area (Å²) in [6.45, 7) is 2.14. The van der Waals surface area contributed by atoms with Gasteiger partial charge in [-0.3, -0.25) is 0 Å². The lowest BCUT2D eigenvalue weighted by molar-refractivity contribution is 0.623. The van der Waals surface area contributed by atoms with Crippen molar-refractivity contribution in [1.82, 2.24) is 0 Å². The van der Waals surface area contributed by atoms with Gasteiger partial charge in [0, 0.05) is 10.5 Å². The SMILES string of the molecule is CCc1ccc(CC(N)c2ccc(F)cc2Br)cc1. The molecule has 2 N–H and O–H groups in total. The highest BCUT2D eigenvalue weighted by molar-refractivity contribution is 9.10. The van der Waals surface area contributed by atoms with Crippen LogP contribution in [0.4, 0.5) is 4.39 Å². The number of hydrogen-bond donors (Lipinski definition) is 1. The summed E-state index contributed by atoms with van der Waals surface area (Å²) in [4.78, 5) is 0. The van der Waals surface area contributed by atoms with E-state index in [0.717, 1.165) is 22.9 Å². The van der Waals surface area contributed by atoms with E-state index >= 15 is 0 Å². The van der Waals surface area contributed by atoms with Crippen molar-refractivity contribution in [3.05, 3.63) is 69.4 Å². The predicted octanol–water partition coefficient (Wildman–Crippen LogP) is 4.39. The van der Waals surface area contributed by atoms with Gasteiger partial charge in [0.15, 0.2) is 0 Å². The molecule has 2 aromatic rings. The fraction of sp³-hybridized carbons (Fsp3) is 0.250. The van der Waals surface area contributed by atoms with Crippen LogP contribution >= 0.6 is 15.9 Å². The lowest BCUT2D eigenvalue weighted by atomic mass is 9.98. The van der Waals surface area contributed by atoms with E-state index in [4.69, 9.17) is 5.73 Å². The van der Waals surface area contributed by atoms with Gasteiger partial charge in [-0.15, -0.1) is 0 Å². The Labute approximate surface area is 121 Å². The summed E-state index contributed by atoms with van der Waals surface area (Å²) >= 11 is 3.36. The first kappa shape index (κ1) is 14.2. The molecule has 1 atom stereocenters. The molecule has 0 saturated carbocycles. The van der Waals surface area contributed by atoms with E-state index in [-0.39, 0.29) is 11.9 Å². The average Bonchev–Trinajstić information content (AvgIpc) is 2.39. The van der Waals surface area contributed by atoms with E-state index in [9.17, 15) is 4.39 Å². The maximum atomic E-state index is 13.1. The third-order valence-electron chi connectivity index (χ3n) is 3.25. The first-order chi connectivity index (χ1) is 9.10. The van der Waals surface area contributed by atoms with Crippen molar-refractivity contribution in [1.29, 1.82) is 0 Å². The van der Waals surface area contributed by atoms with Crippen LogP contribution in [0, 0.1) is 5.82 Å². The smallest absolute Gasteiger partial charge is 0.124 e. The largest absolute Gasteiger partial charge is 0.324 e. The van der Waals surface area contributed by atoms with Crippen molar-refractivity contribution >= 4 is 15.9 Å². The first-order valence-corrected chi connectivity index (χ1v) is 7.17. The zero-order valence-corrected chi connectivity index (χ0v) is 12.5. The van der Waals surface area contributed by atoms with Gasteiger partial charge >= 0.3 is 0 Å². The van der Waals surface area contributed by atoms with Gasteiger partial charge in [0.05, 0.1) is 0 Å². The van der Waals surface area contributed by atoms with Crippen LogP contribution in [-0.2, 0) is 12.8 Å². The molecule has 2 aromatic carbocycles. The highest BCUT2D eigenvalue weighted by Gasteiger charge is 2.11. The summed E-state index contributed by atoms with van der Waals surface area (Å²) in [6, 6.07) is 13.0. The fourth-order valence-corrected chi connectivity index (χ4v) is 2.72. The molecule has 0 radical (unpaired) electrons. The maximum absolute atomic E-state index is 13.1.